The number of rotatable bonds is 4. The van der Waals surface area contributed by atoms with E-state index in [1.54, 1.807) is 24.3 Å². The van der Waals surface area contributed by atoms with Gasteiger partial charge in [-0.2, -0.15) is 0 Å². The second kappa shape index (κ2) is 4.93. The number of benzene rings is 1. The third kappa shape index (κ3) is 2.97. The fourth-order valence-corrected chi connectivity index (χ4v) is 1.15. The average molecular weight is 218 g/mol. The smallest absolute Gasteiger partial charge is 0.323 e. The van der Waals surface area contributed by atoms with Gasteiger partial charge in [-0.15, -0.1) is 10.0 Å². The van der Waals surface area contributed by atoms with Crippen molar-refractivity contribution in [3.05, 3.63) is 34.9 Å². The van der Waals surface area contributed by atoms with Crippen LogP contribution in [0.15, 0.2) is 24.3 Å². The van der Waals surface area contributed by atoms with Crippen LogP contribution >= 0.6 is 11.6 Å². The Bertz CT molecular complexity index is 315. The molecule has 0 unspecified atom stereocenters. The number of hydrogen-bond donors (Lipinski definition) is 2. The van der Waals surface area contributed by atoms with E-state index in [1.165, 1.54) is 5.54 Å². The lowest BCUT2D eigenvalue weighted by atomic mass is 10.1. The molecule has 0 radical (unpaired) electrons. The van der Waals surface area contributed by atoms with Gasteiger partial charge in [-0.3, -0.25) is 4.79 Å². The van der Waals surface area contributed by atoms with Crippen molar-refractivity contribution in [2.45, 2.75) is 12.5 Å². The number of carboxylic acid groups (broad SMARTS) is 1. The molecule has 0 aliphatic carbocycles. The molecule has 0 spiro atoms. The number of aliphatic carboxylic acids is 1. The molecule has 0 fully saturated rings. The summed E-state index contributed by atoms with van der Waals surface area (Å²) in [6.07, 6.45) is 0.0863. The molecule has 1 aromatic rings. The zero-order valence-electron chi connectivity index (χ0n) is 7.21. The van der Waals surface area contributed by atoms with Crippen molar-refractivity contribution in [1.29, 1.82) is 0 Å². The van der Waals surface area contributed by atoms with E-state index in [4.69, 9.17) is 16.7 Å². The van der Waals surface area contributed by atoms with Crippen molar-refractivity contribution in [3.63, 3.8) is 0 Å². The number of carboxylic acids is 1. The summed E-state index contributed by atoms with van der Waals surface area (Å²) < 4.78 is 12.0. The van der Waals surface area contributed by atoms with Gasteiger partial charge in [0.25, 0.3) is 0 Å². The molecular weight excluding hydrogens is 209 g/mol. The largest absolute Gasteiger partial charge is 0.480 e. The number of carbonyl (C=O) groups is 1. The van der Waals surface area contributed by atoms with Crippen molar-refractivity contribution in [1.82, 2.24) is 5.54 Å². The van der Waals surface area contributed by atoms with E-state index in [1.807, 2.05) is 0 Å². The Morgan fingerprint density at radius 3 is 2.50 bits per heavy atom. The maximum atomic E-state index is 12.0. The van der Waals surface area contributed by atoms with Crippen LogP contribution in [0.4, 0.5) is 4.48 Å². The first-order valence-electron chi connectivity index (χ1n) is 3.97. The fraction of sp³-hybridized carbons (Fsp3) is 0.222. The average Bonchev–Trinajstić information content (AvgIpc) is 2.16. The van der Waals surface area contributed by atoms with Crippen LogP contribution in [0, 0.1) is 0 Å². The lowest BCUT2D eigenvalue weighted by Crippen LogP contribution is -2.33. The molecule has 0 aromatic heterocycles. The maximum absolute atomic E-state index is 12.0. The highest BCUT2D eigenvalue weighted by Crippen LogP contribution is 2.11. The van der Waals surface area contributed by atoms with Crippen LogP contribution in [0.5, 0.6) is 0 Å². The molecule has 0 aliphatic rings. The lowest BCUT2D eigenvalue weighted by molar-refractivity contribution is -0.140. The molecule has 14 heavy (non-hydrogen) atoms. The summed E-state index contributed by atoms with van der Waals surface area (Å²) in [6.45, 7) is 0. The summed E-state index contributed by atoms with van der Waals surface area (Å²) in [5.41, 5.74) is 1.95. The van der Waals surface area contributed by atoms with E-state index in [-0.39, 0.29) is 6.42 Å². The molecule has 3 nitrogen and oxygen atoms in total. The Morgan fingerprint density at radius 2 is 2.07 bits per heavy atom. The highest BCUT2D eigenvalue weighted by molar-refractivity contribution is 6.30. The standard InChI is InChI=1S/C9H9ClFNO2/c10-7-3-1-6(2-4-7)5-8(12-11)9(13)14/h1-4,8,12H,5H2,(H,13,14)/t8-/m0/s1. The fourth-order valence-electron chi connectivity index (χ4n) is 1.03. The Labute approximate surface area is 85.4 Å². The predicted molar refractivity (Wildman–Crippen MR) is 50.8 cm³/mol. The molecule has 0 bridgehead atoms. The van der Waals surface area contributed by atoms with Gasteiger partial charge in [0, 0.05) is 11.4 Å². The molecule has 0 amide bonds. The van der Waals surface area contributed by atoms with Gasteiger partial charge in [0.2, 0.25) is 0 Å². The molecule has 1 rings (SSSR count). The van der Waals surface area contributed by atoms with Crippen LogP contribution in [0.3, 0.4) is 0 Å². The highest BCUT2D eigenvalue weighted by Gasteiger charge is 2.16. The summed E-state index contributed by atoms with van der Waals surface area (Å²) in [5, 5.41) is 9.12. The number of hydrogen-bond acceptors (Lipinski definition) is 2. The summed E-state index contributed by atoms with van der Waals surface area (Å²) >= 11 is 5.64. The molecule has 5 heteroatoms. The first kappa shape index (κ1) is 10.9. The number of nitrogens with one attached hydrogen (secondary N) is 1. The highest BCUT2D eigenvalue weighted by atomic mass is 35.5. The van der Waals surface area contributed by atoms with E-state index < -0.39 is 12.0 Å². The molecule has 0 heterocycles. The zero-order chi connectivity index (χ0) is 10.6. The van der Waals surface area contributed by atoms with E-state index in [0.717, 1.165) is 0 Å². The molecule has 2 N–H and O–H groups in total. The van der Waals surface area contributed by atoms with E-state index in [0.29, 0.717) is 10.6 Å². The summed E-state index contributed by atoms with van der Waals surface area (Å²) in [7, 11) is 0. The zero-order valence-corrected chi connectivity index (χ0v) is 7.96. The minimum Gasteiger partial charge on any atom is -0.480 e. The first-order valence-corrected chi connectivity index (χ1v) is 4.34. The molecule has 1 aromatic carbocycles. The third-order valence-corrected chi connectivity index (χ3v) is 2.03. The van der Waals surface area contributed by atoms with Gasteiger partial charge in [-0.1, -0.05) is 23.7 Å². The number of halogens is 2. The summed E-state index contributed by atoms with van der Waals surface area (Å²) in [4.78, 5) is 10.5. The van der Waals surface area contributed by atoms with Gasteiger partial charge >= 0.3 is 5.97 Å². The Hall–Kier alpha value is -1.13. The van der Waals surface area contributed by atoms with Gasteiger partial charge in [0.1, 0.15) is 6.04 Å². The summed E-state index contributed by atoms with van der Waals surface area (Å²) in [6, 6.07) is 5.38. The SMILES string of the molecule is O=C(O)[C@H](Cc1ccc(Cl)cc1)NF. The van der Waals surface area contributed by atoms with E-state index in [9.17, 15) is 9.28 Å². The third-order valence-electron chi connectivity index (χ3n) is 1.78. The lowest BCUT2D eigenvalue weighted by Gasteiger charge is -2.08. The maximum Gasteiger partial charge on any atom is 0.323 e. The van der Waals surface area contributed by atoms with Crippen LogP contribution in [0.25, 0.3) is 0 Å². The molecule has 1 atom stereocenters. The van der Waals surface area contributed by atoms with Crippen LogP contribution in [0.1, 0.15) is 5.56 Å². The second-order valence-electron chi connectivity index (χ2n) is 2.83. The molecular formula is C9H9ClFNO2. The van der Waals surface area contributed by atoms with Crippen molar-refractivity contribution in [3.8, 4) is 0 Å². The van der Waals surface area contributed by atoms with Crippen molar-refractivity contribution in [2.75, 3.05) is 0 Å². The normalized spacial score (nSPS) is 12.4. The Morgan fingerprint density at radius 1 is 1.50 bits per heavy atom. The van der Waals surface area contributed by atoms with Gasteiger partial charge < -0.3 is 5.11 Å². The monoisotopic (exact) mass is 217 g/mol. The molecule has 0 saturated carbocycles. The van der Waals surface area contributed by atoms with Crippen LogP contribution < -0.4 is 5.54 Å². The minimum absolute atomic E-state index is 0.0863. The van der Waals surface area contributed by atoms with Crippen LogP contribution in [-0.2, 0) is 11.2 Å². The molecule has 76 valence electrons. The van der Waals surface area contributed by atoms with E-state index in [2.05, 4.69) is 0 Å². The van der Waals surface area contributed by atoms with Crippen molar-refractivity contribution >= 4 is 17.6 Å². The van der Waals surface area contributed by atoms with Gasteiger partial charge in [-0.25, -0.2) is 0 Å². The first-order chi connectivity index (χ1) is 6.63. The summed E-state index contributed by atoms with van der Waals surface area (Å²) in [5.74, 6) is -1.22. The molecule has 0 aliphatic heterocycles. The Balaban J connectivity index is 2.67. The van der Waals surface area contributed by atoms with Crippen molar-refractivity contribution < 1.29 is 14.4 Å². The molecule has 0 saturated heterocycles. The van der Waals surface area contributed by atoms with Crippen molar-refractivity contribution in [2.24, 2.45) is 0 Å². The van der Waals surface area contributed by atoms with Gasteiger partial charge in [0.15, 0.2) is 0 Å². The van der Waals surface area contributed by atoms with Gasteiger partial charge in [-0.05, 0) is 17.7 Å². The minimum atomic E-state index is -1.22. The Kier molecular flexibility index (Phi) is 3.85. The van der Waals surface area contributed by atoms with Gasteiger partial charge in [0.05, 0.1) is 0 Å². The van der Waals surface area contributed by atoms with Crippen LogP contribution in [-0.4, -0.2) is 17.1 Å². The van der Waals surface area contributed by atoms with E-state index >= 15 is 0 Å². The quantitative estimate of drug-likeness (QED) is 0.757. The topological polar surface area (TPSA) is 49.3 Å². The second-order valence-corrected chi connectivity index (χ2v) is 3.27. The van der Waals surface area contributed by atoms with Crippen LogP contribution in [0.2, 0.25) is 5.02 Å². The predicted octanol–water partition coefficient (Wildman–Crippen LogP) is 1.81.